The van der Waals surface area contributed by atoms with Gasteiger partial charge in [-0.3, -0.25) is 14.6 Å². The number of pyridine rings is 1. The second-order valence-electron chi connectivity index (χ2n) is 9.66. The topological polar surface area (TPSA) is 97.8 Å². The summed E-state index contributed by atoms with van der Waals surface area (Å²) in [5.74, 6) is -1.48. The second-order valence-corrected chi connectivity index (χ2v) is 9.66. The summed E-state index contributed by atoms with van der Waals surface area (Å²) in [5, 5.41) is 12.6. The summed E-state index contributed by atoms with van der Waals surface area (Å²) >= 11 is 0. The van der Waals surface area contributed by atoms with Crippen molar-refractivity contribution in [2.45, 2.75) is 77.9 Å². The summed E-state index contributed by atoms with van der Waals surface area (Å²) < 4.78 is 12.0. The van der Waals surface area contributed by atoms with Crippen LogP contribution in [-0.4, -0.2) is 34.7 Å². The lowest BCUT2D eigenvalue weighted by Gasteiger charge is -2.27. The highest BCUT2D eigenvalue weighted by Gasteiger charge is 2.35. The highest BCUT2D eigenvalue weighted by atomic mass is 16.5. The molecule has 2 fully saturated rings. The average Bonchev–Trinajstić information content (AvgIpc) is 3.38. The highest BCUT2D eigenvalue weighted by molar-refractivity contribution is 5.95. The second kappa shape index (κ2) is 11.7. The molecule has 0 aliphatic heterocycles. The molecule has 188 valence electrons. The number of benzene rings is 1. The number of nitrogens with zero attached hydrogens (tertiary/aromatic N) is 1. The van der Waals surface area contributed by atoms with E-state index in [1.807, 2.05) is 38.2 Å². The summed E-state index contributed by atoms with van der Waals surface area (Å²) in [6.07, 6.45) is 11.2. The lowest BCUT2D eigenvalue weighted by molar-refractivity contribution is -0.147. The zero-order valence-corrected chi connectivity index (χ0v) is 20.7. The van der Waals surface area contributed by atoms with Gasteiger partial charge in [-0.2, -0.15) is 0 Å². The van der Waals surface area contributed by atoms with Crippen molar-refractivity contribution in [2.24, 2.45) is 11.8 Å². The molecule has 2 aliphatic carbocycles. The monoisotopic (exact) mass is 480 g/mol. The van der Waals surface area contributed by atoms with Gasteiger partial charge in [-0.15, -0.1) is 0 Å². The SMILES string of the molecule is CCOc1cncc(-c2ccc(NC(=O)[C@H]3CCCCC3C(=O)O)cc2COC2CCCC2)c1C. The van der Waals surface area contributed by atoms with E-state index in [4.69, 9.17) is 9.47 Å². The maximum Gasteiger partial charge on any atom is 0.307 e. The van der Waals surface area contributed by atoms with Crippen molar-refractivity contribution in [3.05, 3.63) is 41.7 Å². The van der Waals surface area contributed by atoms with Gasteiger partial charge in [0.05, 0.1) is 37.4 Å². The van der Waals surface area contributed by atoms with Crippen molar-refractivity contribution in [1.29, 1.82) is 0 Å². The van der Waals surface area contributed by atoms with Crippen molar-refractivity contribution in [1.82, 2.24) is 4.98 Å². The molecule has 0 saturated heterocycles. The Balaban J connectivity index is 1.61. The van der Waals surface area contributed by atoms with Crippen LogP contribution >= 0.6 is 0 Å². The standard InChI is InChI=1S/C28H36N2O5/c1-3-34-26-16-29-15-25(18(26)2)22-13-12-20(14-19(22)17-35-21-8-4-5-9-21)30-27(31)23-10-6-7-11-24(23)28(32)33/h12-16,21,23-24H,3-11,17H2,1-2H3,(H,30,31)(H,32,33)/t23-,24?/m0/s1. The molecule has 7 nitrogen and oxygen atoms in total. The fraction of sp³-hybridized carbons (Fsp3) is 0.536. The van der Waals surface area contributed by atoms with E-state index in [-0.39, 0.29) is 12.0 Å². The number of carbonyl (C=O) groups is 2. The lowest BCUT2D eigenvalue weighted by atomic mass is 9.78. The van der Waals surface area contributed by atoms with E-state index in [2.05, 4.69) is 10.3 Å². The number of carboxylic acid groups (broad SMARTS) is 1. The van der Waals surface area contributed by atoms with E-state index < -0.39 is 17.8 Å². The number of anilines is 1. The molecule has 0 spiro atoms. The molecule has 2 aliphatic rings. The predicted molar refractivity (Wildman–Crippen MR) is 134 cm³/mol. The Kier molecular flexibility index (Phi) is 8.39. The molecular weight excluding hydrogens is 444 g/mol. The molecule has 1 amide bonds. The first-order valence-electron chi connectivity index (χ1n) is 12.8. The van der Waals surface area contributed by atoms with Gasteiger partial charge in [0.15, 0.2) is 0 Å². The van der Waals surface area contributed by atoms with Crippen LogP contribution in [0.2, 0.25) is 0 Å². The van der Waals surface area contributed by atoms with Crippen molar-refractivity contribution in [2.75, 3.05) is 11.9 Å². The minimum Gasteiger partial charge on any atom is -0.492 e. The number of aliphatic carboxylic acids is 1. The molecule has 35 heavy (non-hydrogen) atoms. The van der Waals surface area contributed by atoms with Gasteiger partial charge < -0.3 is 19.9 Å². The molecule has 7 heteroatoms. The van der Waals surface area contributed by atoms with Crippen LogP contribution in [0.5, 0.6) is 5.75 Å². The van der Waals surface area contributed by atoms with E-state index in [9.17, 15) is 14.7 Å². The van der Waals surface area contributed by atoms with E-state index in [1.165, 1.54) is 12.8 Å². The van der Waals surface area contributed by atoms with Crippen LogP contribution in [0.15, 0.2) is 30.6 Å². The van der Waals surface area contributed by atoms with Gasteiger partial charge in [-0.25, -0.2) is 0 Å². The maximum atomic E-state index is 13.1. The van der Waals surface area contributed by atoms with Crippen LogP contribution in [0.1, 0.15) is 69.4 Å². The Morgan fingerprint density at radius 2 is 1.74 bits per heavy atom. The van der Waals surface area contributed by atoms with E-state index in [0.717, 1.165) is 53.7 Å². The minimum atomic E-state index is -0.886. The van der Waals surface area contributed by atoms with Crippen LogP contribution in [-0.2, 0) is 20.9 Å². The molecule has 0 bridgehead atoms. The smallest absolute Gasteiger partial charge is 0.307 e. The van der Waals surface area contributed by atoms with Gasteiger partial charge in [0.2, 0.25) is 5.91 Å². The third-order valence-electron chi connectivity index (χ3n) is 7.33. The van der Waals surface area contributed by atoms with Gasteiger partial charge >= 0.3 is 5.97 Å². The average molecular weight is 481 g/mol. The number of carboxylic acids is 1. The van der Waals surface area contributed by atoms with Gasteiger partial charge in [-0.1, -0.05) is 31.7 Å². The lowest BCUT2D eigenvalue weighted by Crippen LogP contribution is -2.36. The molecule has 1 aromatic heterocycles. The van der Waals surface area contributed by atoms with Crippen molar-refractivity contribution >= 4 is 17.6 Å². The predicted octanol–water partition coefficient (Wildman–Crippen LogP) is 5.74. The largest absolute Gasteiger partial charge is 0.492 e. The number of rotatable bonds is 9. The Labute approximate surface area is 207 Å². The molecule has 2 aromatic rings. The zero-order chi connectivity index (χ0) is 24.8. The maximum absolute atomic E-state index is 13.1. The summed E-state index contributed by atoms with van der Waals surface area (Å²) in [6, 6.07) is 5.81. The first kappa shape index (κ1) is 25.2. The third kappa shape index (κ3) is 6.01. The zero-order valence-electron chi connectivity index (χ0n) is 20.7. The van der Waals surface area contributed by atoms with E-state index in [0.29, 0.717) is 31.7 Å². The first-order valence-corrected chi connectivity index (χ1v) is 12.8. The molecule has 0 radical (unpaired) electrons. The molecule has 1 unspecified atom stereocenters. The summed E-state index contributed by atoms with van der Waals surface area (Å²) in [5.41, 5.74) is 4.59. The number of aromatic nitrogens is 1. The molecular formula is C28H36N2O5. The van der Waals surface area contributed by atoms with Gasteiger partial charge in [0.25, 0.3) is 0 Å². The first-order chi connectivity index (χ1) is 17.0. The van der Waals surface area contributed by atoms with Crippen molar-refractivity contribution < 1.29 is 24.2 Å². The van der Waals surface area contributed by atoms with Gasteiger partial charge in [0.1, 0.15) is 5.75 Å². The van der Waals surface area contributed by atoms with Crippen LogP contribution in [0.25, 0.3) is 11.1 Å². The molecule has 2 atom stereocenters. The quantitative estimate of drug-likeness (QED) is 0.475. The summed E-state index contributed by atoms with van der Waals surface area (Å²) in [4.78, 5) is 29.1. The van der Waals surface area contributed by atoms with Gasteiger partial charge in [-0.05, 0) is 62.8 Å². The van der Waals surface area contributed by atoms with Gasteiger partial charge in [0, 0.05) is 23.0 Å². The number of amides is 1. The number of carbonyl (C=O) groups excluding carboxylic acids is 1. The van der Waals surface area contributed by atoms with Crippen LogP contribution < -0.4 is 10.1 Å². The third-order valence-corrected chi connectivity index (χ3v) is 7.33. The van der Waals surface area contributed by atoms with E-state index >= 15 is 0 Å². The Morgan fingerprint density at radius 3 is 2.46 bits per heavy atom. The van der Waals surface area contributed by atoms with Crippen molar-refractivity contribution in [3.8, 4) is 16.9 Å². The number of ether oxygens (including phenoxy) is 2. The number of hydrogen-bond acceptors (Lipinski definition) is 5. The highest BCUT2D eigenvalue weighted by Crippen LogP contribution is 2.35. The fourth-order valence-corrected chi connectivity index (χ4v) is 5.37. The molecule has 1 aromatic carbocycles. The molecule has 2 saturated carbocycles. The van der Waals surface area contributed by atoms with Crippen LogP contribution in [0.3, 0.4) is 0 Å². The Hall–Kier alpha value is -2.93. The molecule has 1 heterocycles. The van der Waals surface area contributed by atoms with Crippen LogP contribution in [0, 0.1) is 18.8 Å². The normalized spacial score (nSPS) is 20.5. The molecule has 4 rings (SSSR count). The Morgan fingerprint density at radius 1 is 1.03 bits per heavy atom. The van der Waals surface area contributed by atoms with Crippen LogP contribution in [0.4, 0.5) is 5.69 Å². The molecule has 2 N–H and O–H groups in total. The minimum absolute atomic E-state index is 0.219. The fourth-order valence-electron chi connectivity index (χ4n) is 5.37. The number of nitrogens with one attached hydrogen (secondary N) is 1. The van der Waals surface area contributed by atoms with E-state index in [1.54, 1.807) is 6.20 Å². The summed E-state index contributed by atoms with van der Waals surface area (Å²) in [6.45, 7) is 4.97. The number of hydrogen-bond donors (Lipinski definition) is 2. The Bertz CT molecular complexity index is 1050. The summed E-state index contributed by atoms with van der Waals surface area (Å²) in [7, 11) is 0. The van der Waals surface area contributed by atoms with Crippen molar-refractivity contribution in [3.63, 3.8) is 0 Å².